The van der Waals surface area contributed by atoms with Crippen LogP contribution in [0.1, 0.15) is 0 Å². The fraction of sp³-hybridized carbons (Fsp3) is 0. The van der Waals surface area contributed by atoms with E-state index in [2.05, 4.69) is 4.31 Å². The molecule has 0 aliphatic rings. The van der Waals surface area contributed by atoms with Crippen LogP contribution in [0.3, 0.4) is 0 Å². The smallest absolute Gasteiger partial charge is 0.790 e. The molecule has 0 aromatic carbocycles. The second kappa shape index (κ2) is 11.8. The van der Waals surface area contributed by atoms with E-state index in [1.807, 2.05) is 0 Å². The largest absolute Gasteiger partial charge is 2.00 e. The van der Waals surface area contributed by atoms with Crippen molar-refractivity contribution in [1.82, 2.24) is 0 Å². The maximum atomic E-state index is 9.32. The number of rotatable bonds is 2. The maximum Gasteiger partial charge on any atom is 2.00 e. The van der Waals surface area contributed by atoms with Crippen molar-refractivity contribution in [3.8, 4) is 0 Å². The third kappa shape index (κ3) is 31.3. The Morgan fingerprint density at radius 1 is 0.846 bits per heavy atom. The Morgan fingerprint density at radius 3 is 1.00 bits per heavy atom. The first-order chi connectivity index (χ1) is 3.71. The SMILES string of the molecule is O=P([O-])([O-])OP(=O)([O-])[O-].[Fe].[Mn+2].[Na+].[Na+]. The summed E-state index contributed by atoms with van der Waals surface area (Å²) in [6.45, 7) is 0. The molecular formula is FeMnNa2O7P2. The number of hydrogen-bond acceptors (Lipinski definition) is 7. The minimum absolute atomic E-state index is 0. The second-order valence-electron chi connectivity index (χ2n) is 0.976. The summed E-state index contributed by atoms with van der Waals surface area (Å²) < 4.78 is 21.2. The quantitative estimate of drug-likeness (QED) is 0.362. The summed E-state index contributed by atoms with van der Waals surface area (Å²) in [5.41, 5.74) is 0. The van der Waals surface area contributed by atoms with Crippen LogP contribution in [-0.2, 0) is 47.6 Å². The van der Waals surface area contributed by atoms with Crippen molar-refractivity contribution in [3.63, 3.8) is 0 Å². The van der Waals surface area contributed by atoms with E-state index in [1.165, 1.54) is 0 Å². The molecule has 0 fully saturated rings. The fourth-order valence-corrected chi connectivity index (χ4v) is 1.10. The molecule has 0 bridgehead atoms. The summed E-state index contributed by atoms with van der Waals surface area (Å²) in [5, 5.41) is 0. The minimum Gasteiger partial charge on any atom is -0.790 e. The van der Waals surface area contributed by atoms with Crippen molar-refractivity contribution in [2.75, 3.05) is 0 Å². The minimum atomic E-state index is -5.68. The van der Waals surface area contributed by atoms with Crippen LogP contribution in [0.15, 0.2) is 0 Å². The third-order valence-corrected chi connectivity index (χ3v) is 1.80. The van der Waals surface area contributed by atoms with Gasteiger partial charge in [0.15, 0.2) is 0 Å². The number of hydrogen-bond donors (Lipinski definition) is 0. The van der Waals surface area contributed by atoms with E-state index >= 15 is 0 Å². The van der Waals surface area contributed by atoms with Gasteiger partial charge in [-0.3, -0.25) is 0 Å². The van der Waals surface area contributed by atoms with Gasteiger partial charge < -0.3 is 33.0 Å². The molecule has 1 radical (unpaired) electrons. The summed E-state index contributed by atoms with van der Waals surface area (Å²) in [7, 11) is -11.4. The molecule has 0 heterocycles. The summed E-state index contributed by atoms with van der Waals surface area (Å²) in [6.07, 6.45) is 0. The van der Waals surface area contributed by atoms with Crippen molar-refractivity contribution in [2.24, 2.45) is 0 Å². The Hall–Kier alpha value is 3.30. The van der Waals surface area contributed by atoms with E-state index in [4.69, 9.17) is 0 Å². The van der Waals surface area contributed by atoms with Crippen LogP contribution < -0.4 is 78.7 Å². The fourth-order valence-electron chi connectivity index (χ4n) is 0.122. The van der Waals surface area contributed by atoms with Crippen LogP contribution in [-0.4, -0.2) is 0 Å². The first kappa shape index (κ1) is 29.9. The van der Waals surface area contributed by atoms with Gasteiger partial charge in [0.25, 0.3) is 0 Å². The van der Waals surface area contributed by atoms with Gasteiger partial charge >= 0.3 is 76.2 Å². The molecule has 0 aromatic rings. The molecule has 0 saturated heterocycles. The zero-order chi connectivity index (χ0) is 7.71. The van der Waals surface area contributed by atoms with E-state index in [0.29, 0.717) is 0 Å². The van der Waals surface area contributed by atoms with Gasteiger partial charge in [-0.25, -0.2) is 0 Å². The van der Waals surface area contributed by atoms with Crippen molar-refractivity contribution >= 4 is 15.6 Å². The summed E-state index contributed by atoms with van der Waals surface area (Å²) in [6, 6.07) is 0. The molecular weight excluding hydrogens is 331 g/mol. The Labute approximate surface area is 140 Å². The molecule has 0 aliphatic heterocycles. The Kier molecular flexibility index (Phi) is 27.1. The van der Waals surface area contributed by atoms with Gasteiger partial charge in [0.05, 0.1) is 15.6 Å². The maximum absolute atomic E-state index is 9.32. The predicted octanol–water partition coefficient (Wildman–Crippen LogP) is -9.34. The molecule has 69 valence electrons. The summed E-state index contributed by atoms with van der Waals surface area (Å²) >= 11 is 0. The third-order valence-electron chi connectivity index (χ3n) is 0.200. The van der Waals surface area contributed by atoms with Gasteiger partial charge in [-0.2, -0.15) is 0 Å². The zero-order valence-corrected chi connectivity index (χ0v) is 14.6. The molecule has 0 unspecified atom stereocenters. The van der Waals surface area contributed by atoms with Crippen molar-refractivity contribution in [3.05, 3.63) is 0 Å². The van der Waals surface area contributed by atoms with Gasteiger partial charge in [0.1, 0.15) is 0 Å². The Bertz CT molecular complexity index is 165. The van der Waals surface area contributed by atoms with Gasteiger partial charge in [-0.1, -0.05) is 0 Å². The molecule has 7 nitrogen and oxygen atoms in total. The molecule has 0 spiro atoms. The van der Waals surface area contributed by atoms with Gasteiger partial charge in [-0.15, -0.1) is 0 Å². The average molecular weight is 331 g/mol. The molecule has 0 aromatic heterocycles. The van der Waals surface area contributed by atoms with Gasteiger partial charge in [0, 0.05) is 17.1 Å². The van der Waals surface area contributed by atoms with E-state index in [9.17, 15) is 28.7 Å². The molecule has 0 N–H and O–H groups in total. The predicted molar refractivity (Wildman–Crippen MR) is 16.3 cm³/mol. The molecule has 0 saturated carbocycles. The van der Waals surface area contributed by atoms with Crippen molar-refractivity contribution in [1.29, 1.82) is 0 Å². The summed E-state index contributed by atoms with van der Waals surface area (Å²) in [5.74, 6) is 0. The second-order valence-corrected chi connectivity index (χ2v) is 3.42. The standard InChI is InChI=1S/Fe.Mn.2Na.H4O7P2/c;;;;1-8(2,3)7-9(4,5)6/h;;;;(H2,1,2,3)(H2,4,5,6)/q;+2;2*+1;/p-4. The molecule has 0 rings (SSSR count). The normalized spacial score (nSPS) is 9.54. The van der Waals surface area contributed by atoms with Crippen LogP contribution in [0, 0.1) is 0 Å². The molecule has 0 aliphatic carbocycles. The first-order valence-corrected chi connectivity index (χ1v) is 4.38. The van der Waals surface area contributed by atoms with Crippen molar-refractivity contribution < 1.29 is 126 Å². The van der Waals surface area contributed by atoms with Crippen LogP contribution in [0.5, 0.6) is 0 Å². The van der Waals surface area contributed by atoms with E-state index in [-0.39, 0.29) is 93.3 Å². The van der Waals surface area contributed by atoms with E-state index in [1.54, 1.807) is 0 Å². The Balaban J connectivity index is -0.0000000533. The van der Waals surface area contributed by atoms with E-state index in [0.717, 1.165) is 0 Å². The molecule has 13 heavy (non-hydrogen) atoms. The topological polar surface area (TPSA) is 136 Å². The molecule has 13 heteroatoms. The monoisotopic (exact) mass is 331 g/mol. The molecule has 0 amide bonds. The molecule has 0 atom stereocenters. The van der Waals surface area contributed by atoms with Crippen LogP contribution in [0.4, 0.5) is 0 Å². The Morgan fingerprint density at radius 2 is 1.00 bits per heavy atom. The summed E-state index contributed by atoms with van der Waals surface area (Å²) in [4.78, 5) is 37.3. The number of phosphoric acid groups is 2. The van der Waals surface area contributed by atoms with Gasteiger partial charge in [0.2, 0.25) is 0 Å². The van der Waals surface area contributed by atoms with Crippen LogP contribution in [0.25, 0.3) is 0 Å². The van der Waals surface area contributed by atoms with Crippen LogP contribution >= 0.6 is 15.6 Å². The first-order valence-electron chi connectivity index (χ1n) is 1.46. The van der Waals surface area contributed by atoms with Crippen LogP contribution in [0.2, 0.25) is 0 Å². The average Bonchev–Trinajstić information content (AvgIpc) is 1.14. The zero-order valence-electron chi connectivity index (χ0n) is 6.48. The van der Waals surface area contributed by atoms with Gasteiger partial charge in [-0.05, 0) is 0 Å². The van der Waals surface area contributed by atoms with E-state index < -0.39 is 15.6 Å². The van der Waals surface area contributed by atoms with Crippen molar-refractivity contribution in [2.45, 2.75) is 0 Å².